The van der Waals surface area contributed by atoms with Crippen LogP contribution in [0.1, 0.15) is 22.6 Å². The molecule has 0 aliphatic rings. The van der Waals surface area contributed by atoms with Crippen LogP contribution >= 0.6 is 0 Å². The highest BCUT2D eigenvalue weighted by molar-refractivity contribution is 5.98. The summed E-state index contributed by atoms with van der Waals surface area (Å²) in [7, 11) is 0. The van der Waals surface area contributed by atoms with E-state index >= 15 is 0 Å². The summed E-state index contributed by atoms with van der Waals surface area (Å²) in [6.07, 6.45) is 4.27. The molecular formula is C43H30O8. The van der Waals surface area contributed by atoms with Crippen LogP contribution < -0.4 is 18.9 Å². The smallest absolute Gasteiger partial charge is 0.335 e. The van der Waals surface area contributed by atoms with Crippen LogP contribution in [-0.4, -0.2) is 23.9 Å². The van der Waals surface area contributed by atoms with E-state index in [1.165, 1.54) is 0 Å². The van der Waals surface area contributed by atoms with Gasteiger partial charge in [-0.1, -0.05) is 93.0 Å². The van der Waals surface area contributed by atoms with Crippen LogP contribution in [0.4, 0.5) is 0 Å². The lowest BCUT2D eigenvalue weighted by molar-refractivity contribution is -0.129. The molecule has 0 N–H and O–H groups in total. The molecule has 0 aliphatic carbocycles. The summed E-state index contributed by atoms with van der Waals surface area (Å²) in [4.78, 5) is 49.8. The number of esters is 4. The van der Waals surface area contributed by atoms with Crippen molar-refractivity contribution < 1.29 is 38.1 Å². The van der Waals surface area contributed by atoms with E-state index in [0.717, 1.165) is 40.6 Å². The summed E-state index contributed by atoms with van der Waals surface area (Å²) in [6.45, 7) is 14.1. The zero-order valence-corrected chi connectivity index (χ0v) is 27.3. The first-order chi connectivity index (χ1) is 24.7. The first-order valence-corrected chi connectivity index (χ1v) is 15.7. The van der Waals surface area contributed by atoms with E-state index in [-0.39, 0.29) is 23.0 Å². The van der Waals surface area contributed by atoms with Gasteiger partial charge >= 0.3 is 23.9 Å². The normalized spacial score (nSPS) is 10.8. The fourth-order valence-electron chi connectivity index (χ4n) is 6.01. The molecule has 0 unspecified atom stereocenters. The third-order valence-electron chi connectivity index (χ3n) is 8.19. The van der Waals surface area contributed by atoms with Crippen LogP contribution in [0.3, 0.4) is 0 Å². The quantitative estimate of drug-likeness (QED) is 0.0582. The van der Waals surface area contributed by atoms with E-state index in [1.807, 2.05) is 42.5 Å². The number of hydrogen-bond donors (Lipinski definition) is 0. The van der Waals surface area contributed by atoms with Gasteiger partial charge in [-0.3, -0.25) is 0 Å². The van der Waals surface area contributed by atoms with Crippen LogP contribution in [0.5, 0.6) is 23.0 Å². The lowest BCUT2D eigenvalue weighted by Crippen LogP contribution is -2.14. The maximum atomic E-state index is 12.8. The molecular weight excluding hydrogens is 644 g/mol. The van der Waals surface area contributed by atoms with Crippen molar-refractivity contribution in [2.24, 2.45) is 0 Å². The monoisotopic (exact) mass is 674 g/mol. The summed E-state index contributed by atoms with van der Waals surface area (Å²) in [5.41, 5.74) is 1.86. The molecule has 51 heavy (non-hydrogen) atoms. The number of ether oxygens (including phenoxy) is 4. The minimum atomic E-state index is -0.759. The van der Waals surface area contributed by atoms with Gasteiger partial charge in [0.05, 0.1) is 0 Å². The van der Waals surface area contributed by atoms with E-state index in [4.69, 9.17) is 18.9 Å². The molecule has 0 bridgehead atoms. The molecule has 0 amide bonds. The molecule has 0 aromatic heterocycles. The number of fused-ring (bicyclic) bond motifs is 3. The molecule has 0 spiro atoms. The van der Waals surface area contributed by atoms with E-state index in [2.05, 4.69) is 26.3 Å². The second-order valence-corrected chi connectivity index (χ2v) is 11.3. The lowest BCUT2D eigenvalue weighted by atomic mass is 9.79. The standard InChI is InChI=1S/C43H30O8/c1-5-37(44)48-31-17-19-33-28(24-31)15-21-35(50-39(46)7-3)42(33)41(30-14-13-26-11-9-10-12-27(26)23-30)43-34-20-18-32(49-38(45)6-2)25-29(34)16-22-36(43)51-40(47)8-4/h5-25,41H,1-4H2. The van der Waals surface area contributed by atoms with Crippen molar-refractivity contribution in [2.45, 2.75) is 5.92 Å². The molecule has 0 atom stereocenters. The second-order valence-electron chi connectivity index (χ2n) is 11.3. The first kappa shape index (κ1) is 33.8. The maximum absolute atomic E-state index is 12.8. The first-order valence-electron chi connectivity index (χ1n) is 15.7. The molecule has 8 nitrogen and oxygen atoms in total. The number of carbonyl (C=O) groups is 4. The number of carbonyl (C=O) groups excluding carboxylic acids is 4. The van der Waals surface area contributed by atoms with Crippen LogP contribution in [-0.2, 0) is 19.2 Å². The van der Waals surface area contributed by atoms with Crippen LogP contribution in [0.15, 0.2) is 154 Å². The van der Waals surface area contributed by atoms with Crippen molar-refractivity contribution in [3.05, 3.63) is 170 Å². The van der Waals surface area contributed by atoms with Crippen molar-refractivity contribution >= 4 is 56.2 Å². The number of rotatable bonds is 11. The molecule has 0 heterocycles. The Hall–Kier alpha value is -7.06. The molecule has 6 aromatic rings. The van der Waals surface area contributed by atoms with Gasteiger partial charge in [-0.05, 0) is 74.3 Å². The Balaban J connectivity index is 1.74. The fraction of sp³-hybridized carbons (Fsp3) is 0.0233. The number of hydrogen-bond acceptors (Lipinski definition) is 8. The minimum Gasteiger partial charge on any atom is -0.423 e. The molecule has 0 fully saturated rings. The molecule has 0 radical (unpaired) electrons. The van der Waals surface area contributed by atoms with Gasteiger partial charge in [0.2, 0.25) is 0 Å². The molecule has 0 saturated carbocycles. The predicted molar refractivity (Wildman–Crippen MR) is 196 cm³/mol. The highest BCUT2D eigenvalue weighted by atomic mass is 16.5. The molecule has 0 aliphatic heterocycles. The van der Waals surface area contributed by atoms with Crippen molar-refractivity contribution in [1.29, 1.82) is 0 Å². The van der Waals surface area contributed by atoms with E-state index in [9.17, 15) is 19.2 Å². The van der Waals surface area contributed by atoms with Crippen molar-refractivity contribution in [3.8, 4) is 23.0 Å². The number of benzene rings is 6. The molecule has 8 heteroatoms. The molecule has 250 valence electrons. The van der Waals surface area contributed by atoms with Gasteiger partial charge in [-0.2, -0.15) is 0 Å². The topological polar surface area (TPSA) is 105 Å². The van der Waals surface area contributed by atoms with E-state index < -0.39 is 29.8 Å². The predicted octanol–water partition coefficient (Wildman–Crippen LogP) is 8.69. The average molecular weight is 675 g/mol. The zero-order valence-electron chi connectivity index (χ0n) is 27.3. The Morgan fingerprint density at radius 1 is 0.451 bits per heavy atom. The summed E-state index contributed by atoms with van der Waals surface area (Å²) < 4.78 is 22.7. The van der Waals surface area contributed by atoms with Crippen LogP contribution in [0.2, 0.25) is 0 Å². The summed E-state index contributed by atoms with van der Waals surface area (Å²) in [5.74, 6) is -2.38. The molecule has 6 aromatic carbocycles. The fourth-order valence-corrected chi connectivity index (χ4v) is 6.01. The van der Waals surface area contributed by atoms with Crippen molar-refractivity contribution in [1.82, 2.24) is 0 Å². The molecule has 6 rings (SSSR count). The van der Waals surface area contributed by atoms with E-state index in [1.54, 1.807) is 60.7 Å². The van der Waals surface area contributed by atoms with Gasteiger partial charge < -0.3 is 18.9 Å². The Labute approximate surface area is 293 Å². The van der Waals surface area contributed by atoms with Crippen molar-refractivity contribution in [3.63, 3.8) is 0 Å². The van der Waals surface area contributed by atoms with Crippen molar-refractivity contribution in [2.75, 3.05) is 0 Å². The van der Waals surface area contributed by atoms with Gasteiger partial charge in [0.15, 0.2) is 0 Å². The highest BCUT2D eigenvalue weighted by Crippen LogP contribution is 2.48. The molecule has 0 saturated heterocycles. The summed E-state index contributed by atoms with van der Waals surface area (Å²) in [6, 6.07) is 30.8. The highest BCUT2D eigenvalue weighted by Gasteiger charge is 2.30. The lowest BCUT2D eigenvalue weighted by Gasteiger charge is -2.26. The van der Waals surface area contributed by atoms with Crippen LogP contribution in [0.25, 0.3) is 32.3 Å². The van der Waals surface area contributed by atoms with Gasteiger partial charge in [0.25, 0.3) is 0 Å². The van der Waals surface area contributed by atoms with Gasteiger partial charge in [0.1, 0.15) is 23.0 Å². The maximum Gasteiger partial charge on any atom is 0.335 e. The minimum absolute atomic E-state index is 0.218. The van der Waals surface area contributed by atoms with Gasteiger partial charge in [-0.15, -0.1) is 0 Å². The largest absolute Gasteiger partial charge is 0.423 e. The average Bonchev–Trinajstić information content (AvgIpc) is 3.15. The zero-order chi connectivity index (χ0) is 36.1. The third kappa shape index (κ3) is 7.06. The Kier molecular flexibility index (Phi) is 9.68. The summed E-state index contributed by atoms with van der Waals surface area (Å²) in [5, 5.41) is 4.55. The van der Waals surface area contributed by atoms with Crippen LogP contribution in [0, 0.1) is 0 Å². The Morgan fingerprint density at radius 2 is 0.882 bits per heavy atom. The summed E-state index contributed by atoms with van der Waals surface area (Å²) >= 11 is 0. The second kappa shape index (κ2) is 14.6. The Morgan fingerprint density at radius 3 is 1.35 bits per heavy atom. The third-order valence-corrected chi connectivity index (χ3v) is 8.19. The Bertz CT molecular complexity index is 2310. The van der Waals surface area contributed by atoms with E-state index in [0.29, 0.717) is 32.7 Å². The van der Waals surface area contributed by atoms with Gasteiger partial charge in [0, 0.05) is 41.3 Å². The SMILES string of the molecule is C=CC(=O)Oc1ccc2c(C(c3ccc4ccccc4c3)c3c(OC(=O)C=C)ccc4cc(OC(=O)C=C)ccc34)c(OC(=O)C=C)ccc2c1. The van der Waals surface area contributed by atoms with Gasteiger partial charge in [-0.25, -0.2) is 19.2 Å².